The summed E-state index contributed by atoms with van der Waals surface area (Å²) in [5.74, 6) is 0.0550. The number of carbonyl (C=O) groups is 1. The zero-order valence-corrected chi connectivity index (χ0v) is 12.0. The normalized spacial score (nSPS) is 10.6. The molecule has 2 aromatic rings. The Balaban J connectivity index is 2.18. The van der Waals surface area contributed by atoms with Gasteiger partial charge in [-0.15, -0.1) is 5.10 Å². The van der Waals surface area contributed by atoms with Gasteiger partial charge in [-0.05, 0) is 35.1 Å². The second-order valence-corrected chi connectivity index (χ2v) is 4.92. The first-order valence-electron chi connectivity index (χ1n) is 5.40. The second-order valence-electron chi connectivity index (χ2n) is 3.90. The monoisotopic (exact) mass is 357 g/mol. The van der Waals surface area contributed by atoms with Crippen LogP contribution in [0.25, 0.3) is 0 Å². The number of Topliss-reactive ketones (excluding diaryl/α,β-unsaturated/α-hetero) is 1. The molecule has 18 heavy (non-hydrogen) atoms. The molecule has 0 saturated heterocycles. The molecule has 5 nitrogen and oxygen atoms in total. The molecule has 0 atom stereocenters. The lowest BCUT2D eigenvalue weighted by Gasteiger charge is -2.03. The lowest BCUT2D eigenvalue weighted by atomic mass is 10.1. The van der Waals surface area contributed by atoms with E-state index < -0.39 is 0 Å². The van der Waals surface area contributed by atoms with Crippen LogP contribution in [0.15, 0.2) is 24.3 Å². The van der Waals surface area contributed by atoms with Crippen molar-refractivity contribution in [2.75, 3.05) is 0 Å². The van der Waals surface area contributed by atoms with Crippen molar-refractivity contribution in [3.8, 4) is 0 Å². The van der Waals surface area contributed by atoms with Gasteiger partial charge in [0, 0.05) is 5.56 Å². The number of aromatic nitrogens is 3. The van der Waals surface area contributed by atoms with Gasteiger partial charge in [-0.3, -0.25) is 4.79 Å². The molecule has 1 aromatic carbocycles. The number of rotatable bonds is 4. The second kappa shape index (κ2) is 5.57. The zero-order chi connectivity index (χ0) is 13.1. The van der Waals surface area contributed by atoms with Crippen molar-refractivity contribution in [2.45, 2.75) is 20.1 Å². The summed E-state index contributed by atoms with van der Waals surface area (Å²) >= 11 is 2.10. The quantitative estimate of drug-likeness (QED) is 0.667. The molecule has 6 heteroatoms. The van der Waals surface area contributed by atoms with Gasteiger partial charge in [0.2, 0.25) is 0 Å². The van der Waals surface area contributed by atoms with E-state index in [1.807, 2.05) is 12.1 Å². The van der Waals surface area contributed by atoms with E-state index in [0.717, 1.165) is 9.26 Å². The summed E-state index contributed by atoms with van der Waals surface area (Å²) in [5.41, 5.74) is 2.31. The van der Waals surface area contributed by atoms with Gasteiger partial charge in [0.15, 0.2) is 5.78 Å². The molecule has 0 aliphatic carbocycles. The Morgan fingerprint density at radius 3 is 2.56 bits per heavy atom. The van der Waals surface area contributed by atoms with E-state index in [0.29, 0.717) is 17.8 Å². The number of ketones is 1. The van der Waals surface area contributed by atoms with Crippen LogP contribution >= 0.6 is 22.6 Å². The number of halogens is 1. The molecule has 1 N–H and O–H groups in total. The van der Waals surface area contributed by atoms with Gasteiger partial charge >= 0.3 is 0 Å². The van der Waals surface area contributed by atoms with Gasteiger partial charge in [0.1, 0.15) is 9.39 Å². The van der Waals surface area contributed by atoms with E-state index >= 15 is 0 Å². The Bertz CT molecular complexity index is 563. The molecule has 0 spiro atoms. The largest absolute Gasteiger partial charge is 0.390 e. The first-order chi connectivity index (χ1) is 8.61. The van der Waals surface area contributed by atoms with E-state index in [2.05, 4.69) is 32.9 Å². The minimum absolute atomic E-state index is 0.0550. The van der Waals surface area contributed by atoms with Crippen LogP contribution in [0, 0.1) is 3.70 Å². The average Bonchev–Trinajstić information content (AvgIpc) is 2.71. The third kappa shape index (κ3) is 2.75. The standard InChI is InChI=1S/C12H12IN3O2/c1-8(18)10-4-2-9(3-5-10)6-16-12(13)11(7-17)14-15-16/h2-5,17H,6-7H2,1H3. The van der Waals surface area contributed by atoms with Crippen LogP contribution in [0.4, 0.5) is 0 Å². The summed E-state index contributed by atoms with van der Waals surface area (Å²) in [4.78, 5) is 11.2. The minimum atomic E-state index is -0.110. The Hall–Kier alpha value is -1.28. The highest BCUT2D eigenvalue weighted by Gasteiger charge is 2.09. The highest BCUT2D eigenvalue weighted by molar-refractivity contribution is 14.1. The number of hydrogen-bond donors (Lipinski definition) is 1. The first-order valence-corrected chi connectivity index (χ1v) is 6.48. The Kier molecular flexibility index (Phi) is 4.07. The lowest BCUT2D eigenvalue weighted by molar-refractivity contribution is 0.101. The summed E-state index contributed by atoms with van der Waals surface area (Å²) < 4.78 is 2.54. The van der Waals surface area contributed by atoms with Gasteiger partial charge in [0.05, 0.1) is 13.2 Å². The van der Waals surface area contributed by atoms with E-state index in [4.69, 9.17) is 5.11 Å². The lowest BCUT2D eigenvalue weighted by Crippen LogP contribution is -2.05. The van der Waals surface area contributed by atoms with E-state index in [1.54, 1.807) is 23.7 Å². The van der Waals surface area contributed by atoms with Crippen molar-refractivity contribution in [3.63, 3.8) is 0 Å². The van der Waals surface area contributed by atoms with Gasteiger partial charge in [0.25, 0.3) is 0 Å². The summed E-state index contributed by atoms with van der Waals surface area (Å²) in [6.45, 7) is 2.01. The Labute approximate surface area is 118 Å². The molecule has 94 valence electrons. The maximum Gasteiger partial charge on any atom is 0.159 e. The molecular formula is C12H12IN3O2. The van der Waals surface area contributed by atoms with Crippen molar-refractivity contribution in [2.24, 2.45) is 0 Å². The van der Waals surface area contributed by atoms with Gasteiger partial charge in [-0.25, -0.2) is 4.68 Å². The highest BCUT2D eigenvalue weighted by atomic mass is 127. The fourth-order valence-electron chi connectivity index (χ4n) is 1.55. The number of hydrogen-bond acceptors (Lipinski definition) is 4. The molecule has 0 aliphatic heterocycles. The molecule has 1 aromatic heterocycles. The van der Waals surface area contributed by atoms with Crippen molar-refractivity contribution in [1.82, 2.24) is 15.0 Å². The number of aliphatic hydroxyl groups is 1. The van der Waals surface area contributed by atoms with E-state index in [9.17, 15) is 4.79 Å². The number of nitrogens with zero attached hydrogens (tertiary/aromatic N) is 3. The summed E-state index contributed by atoms with van der Waals surface area (Å²) in [7, 11) is 0. The third-order valence-corrected chi connectivity index (χ3v) is 3.76. The van der Waals surface area contributed by atoms with Crippen molar-refractivity contribution >= 4 is 28.4 Å². The average molecular weight is 357 g/mol. The molecule has 0 saturated carbocycles. The van der Waals surface area contributed by atoms with Gasteiger partial charge in [-0.2, -0.15) is 0 Å². The number of carbonyl (C=O) groups excluding carboxylic acids is 1. The zero-order valence-electron chi connectivity index (χ0n) is 9.80. The van der Waals surface area contributed by atoms with Crippen LogP contribution in [0.2, 0.25) is 0 Å². The minimum Gasteiger partial charge on any atom is -0.390 e. The van der Waals surface area contributed by atoms with Crippen LogP contribution in [0.3, 0.4) is 0 Å². The summed E-state index contributed by atoms with van der Waals surface area (Å²) in [6.07, 6.45) is 0. The number of benzene rings is 1. The summed E-state index contributed by atoms with van der Waals surface area (Å²) in [6, 6.07) is 7.39. The van der Waals surface area contributed by atoms with Crippen molar-refractivity contribution in [3.05, 3.63) is 44.8 Å². The molecular weight excluding hydrogens is 345 g/mol. The third-order valence-electron chi connectivity index (χ3n) is 2.58. The summed E-state index contributed by atoms with van der Waals surface area (Å²) in [5, 5.41) is 16.9. The molecule has 0 fully saturated rings. The fourth-order valence-corrected chi connectivity index (χ4v) is 2.10. The molecule has 0 bridgehead atoms. The fraction of sp³-hybridized carbons (Fsp3) is 0.250. The molecule has 0 amide bonds. The van der Waals surface area contributed by atoms with Gasteiger partial charge in [-0.1, -0.05) is 29.5 Å². The van der Waals surface area contributed by atoms with Crippen LogP contribution in [0.1, 0.15) is 28.5 Å². The molecule has 2 rings (SSSR count). The van der Waals surface area contributed by atoms with Crippen LogP contribution < -0.4 is 0 Å². The van der Waals surface area contributed by atoms with Crippen molar-refractivity contribution in [1.29, 1.82) is 0 Å². The van der Waals surface area contributed by atoms with E-state index in [-0.39, 0.29) is 12.4 Å². The van der Waals surface area contributed by atoms with Crippen LogP contribution in [0.5, 0.6) is 0 Å². The molecule has 1 heterocycles. The molecule has 0 unspecified atom stereocenters. The Morgan fingerprint density at radius 1 is 1.39 bits per heavy atom. The smallest absolute Gasteiger partial charge is 0.159 e. The predicted octanol–water partition coefficient (Wildman–Crippen LogP) is 1.63. The van der Waals surface area contributed by atoms with Crippen LogP contribution in [-0.2, 0) is 13.2 Å². The van der Waals surface area contributed by atoms with Crippen LogP contribution in [-0.4, -0.2) is 25.9 Å². The SMILES string of the molecule is CC(=O)c1ccc(Cn2nnc(CO)c2I)cc1. The maximum atomic E-state index is 11.2. The number of aliphatic hydroxyl groups excluding tert-OH is 1. The molecule has 0 aliphatic rings. The predicted molar refractivity (Wildman–Crippen MR) is 74.2 cm³/mol. The highest BCUT2D eigenvalue weighted by Crippen LogP contribution is 2.12. The van der Waals surface area contributed by atoms with Crippen molar-refractivity contribution < 1.29 is 9.90 Å². The Morgan fingerprint density at radius 2 is 2.06 bits per heavy atom. The first kappa shape index (κ1) is 13.2. The van der Waals surface area contributed by atoms with E-state index in [1.165, 1.54) is 0 Å². The topological polar surface area (TPSA) is 68.0 Å². The molecule has 0 radical (unpaired) electrons. The maximum absolute atomic E-state index is 11.2. The van der Waals surface area contributed by atoms with Gasteiger partial charge < -0.3 is 5.11 Å².